The molecule has 4 rings (SSSR count). The lowest BCUT2D eigenvalue weighted by molar-refractivity contribution is -0.132. The molecular formula is C27H28Cl2N2O6. The summed E-state index contributed by atoms with van der Waals surface area (Å²) in [5, 5.41) is 21.5. The van der Waals surface area contributed by atoms with Gasteiger partial charge < -0.3 is 24.7 Å². The summed E-state index contributed by atoms with van der Waals surface area (Å²) in [4.78, 5) is 40.8. The Kier molecular flexibility index (Phi) is 7.29. The number of benzene rings is 2. The number of likely N-dealkylation sites (tertiary alicyclic amines) is 1. The van der Waals surface area contributed by atoms with Gasteiger partial charge in [-0.3, -0.25) is 4.79 Å². The van der Waals surface area contributed by atoms with Crippen molar-refractivity contribution in [3.63, 3.8) is 0 Å². The van der Waals surface area contributed by atoms with Gasteiger partial charge in [0.15, 0.2) is 5.60 Å². The van der Waals surface area contributed by atoms with Crippen molar-refractivity contribution in [2.75, 3.05) is 24.5 Å². The molecule has 0 radical (unpaired) electrons. The second kappa shape index (κ2) is 10.0. The molecule has 0 spiro atoms. The molecule has 2 aromatic rings. The number of carbonyl (C=O) groups excluding carboxylic acids is 2. The number of fused-ring (bicyclic) bond motifs is 1. The molecule has 2 amide bonds. The summed E-state index contributed by atoms with van der Waals surface area (Å²) in [5.74, 6) is -1.89. The predicted octanol–water partition coefficient (Wildman–Crippen LogP) is 5.23. The number of nitrogens with zero attached hydrogens (tertiary/aromatic N) is 2. The quantitative estimate of drug-likeness (QED) is 0.508. The molecule has 2 N–H and O–H groups in total. The van der Waals surface area contributed by atoms with E-state index in [1.807, 2.05) is 26.8 Å². The lowest BCUT2D eigenvalue weighted by Crippen LogP contribution is -2.42. The summed E-state index contributed by atoms with van der Waals surface area (Å²) in [6, 6.07) is 8.97. The molecule has 2 aliphatic rings. The van der Waals surface area contributed by atoms with E-state index in [-0.39, 0.29) is 45.1 Å². The minimum Gasteiger partial charge on any atom is -0.478 e. The summed E-state index contributed by atoms with van der Waals surface area (Å²) in [6.07, 6.45) is 2.70. The second-order valence-electron chi connectivity index (χ2n) is 10.1. The Morgan fingerprint density at radius 3 is 2.35 bits per heavy atom. The van der Waals surface area contributed by atoms with Gasteiger partial charge in [-0.25, -0.2) is 9.59 Å². The maximum atomic E-state index is 13.7. The van der Waals surface area contributed by atoms with Gasteiger partial charge in [0.1, 0.15) is 5.60 Å². The van der Waals surface area contributed by atoms with Crippen molar-refractivity contribution in [2.45, 2.75) is 44.8 Å². The summed E-state index contributed by atoms with van der Waals surface area (Å²) in [5.41, 5.74) is -1.37. The molecule has 37 heavy (non-hydrogen) atoms. The zero-order valence-corrected chi connectivity index (χ0v) is 22.3. The topological polar surface area (TPSA) is 107 Å². The highest BCUT2D eigenvalue weighted by Crippen LogP contribution is 2.49. The van der Waals surface area contributed by atoms with E-state index in [1.165, 1.54) is 17.0 Å². The Labute approximate surface area is 225 Å². The van der Waals surface area contributed by atoms with Crippen LogP contribution in [0, 0.1) is 0 Å². The van der Waals surface area contributed by atoms with Crippen molar-refractivity contribution < 1.29 is 29.3 Å². The van der Waals surface area contributed by atoms with Crippen LogP contribution in [-0.4, -0.2) is 58.3 Å². The molecule has 1 saturated heterocycles. The molecule has 1 fully saturated rings. The van der Waals surface area contributed by atoms with Gasteiger partial charge in [0.05, 0.1) is 16.3 Å². The van der Waals surface area contributed by atoms with E-state index in [4.69, 9.17) is 27.9 Å². The average Bonchev–Trinajstić information content (AvgIpc) is 3.04. The number of hydrogen-bond donors (Lipinski definition) is 2. The standard InChI is InChI=1S/C27H28Cl2N2O6/c1-26(2,3)37-25(35)30-11-8-16(9-12-30)10-13-31-21-15-17(23(32)33)14-20(29)22(21)27(36,24(31)34)18-6-4-5-7-19(18)28/h4-7,10,14-15,36H,8-9,11-13H2,1-3H3,(H,32,33). The van der Waals surface area contributed by atoms with E-state index in [1.54, 1.807) is 29.2 Å². The van der Waals surface area contributed by atoms with Crippen LogP contribution >= 0.6 is 23.2 Å². The molecule has 2 aromatic carbocycles. The van der Waals surface area contributed by atoms with Gasteiger partial charge in [-0.05, 0) is 51.8 Å². The zero-order valence-electron chi connectivity index (χ0n) is 20.8. The van der Waals surface area contributed by atoms with Crippen LogP contribution in [0.25, 0.3) is 0 Å². The third-order valence-electron chi connectivity index (χ3n) is 6.41. The van der Waals surface area contributed by atoms with Crippen LogP contribution in [0.2, 0.25) is 10.0 Å². The van der Waals surface area contributed by atoms with E-state index in [9.17, 15) is 24.6 Å². The smallest absolute Gasteiger partial charge is 0.410 e. The molecule has 0 saturated carbocycles. The molecular weight excluding hydrogens is 519 g/mol. The molecule has 0 aliphatic carbocycles. The van der Waals surface area contributed by atoms with Crippen LogP contribution in [0.1, 0.15) is 55.1 Å². The maximum Gasteiger partial charge on any atom is 0.410 e. The Balaban J connectivity index is 1.63. The number of carboxylic acids is 1. The van der Waals surface area contributed by atoms with Gasteiger partial charge >= 0.3 is 12.1 Å². The molecule has 10 heteroatoms. The molecule has 0 bridgehead atoms. The van der Waals surface area contributed by atoms with Crippen LogP contribution < -0.4 is 4.90 Å². The Bertz CT molecular complexity index is 1290. The van der Waals surface area contributed by atoms with Crippen molar-refractivity contribution in [1.29, 1.82) is 0 Å². The third-order valence-corrected chi connectivity index (χ3v) is 7.03. The van der Waals surface area contributed by atoms with E-state index >= 15 is 0 Å². The summed E-state index contributed by atoms with van der Waals surface area (Å²) in [6.45, 7) is 6.48. The number of aliphatic hydroxyl groups is 1. The van der Waals surface area contributed by atoms with Crippen LogP contribution in [0.4, 0.5) is 10.5 Å². The van der Waals surface area contributed by atoms with E-state index in [0.29, 0.717) is 25.9 Å². The van der Waals surface area contributed by atoms with Crippen molar-refractivity contribution in [2.24, 2.45) is 0 Å². The number of hydrogen-bond acceptors (Lipinski definition) is 5. The van der Waals surface area contributed by atoms with Gasteiger partial charge in [0.25, 0.3) is 5.91 Å². The highest BCUT2D eigenvalue weighted by atomic mass is 35.5. The molecule has 196 valence electrons. The van der Waals surface area contributed by atoms with Crippen LogP contribution in [-0.2, 0) is 15.1 Å². The van der Waals surface area contributed by atoms with Crippen LogP contribution in [0.5, 0.6) is 0 Å². The van der Waals surface area contributed by atoms with Crippen LogP contribution in [0.15, 0.2) is 48.0 Å². The van der Waals surface area contributed by atoms with Gasteiger partial charge in [-0.1, -0.05) is 53.1 Å². The first kappa shape index (κ1) is 27.0. The van der Waals surface area contributed by atoms with Gasteiger partial charge in [0, 0.05) is 35.8 Å². The van der Waals surface area contributed by atoms with Crippen molar-refractivity contribution in [1.82, 2.24) is 4.90 Å². The van der Waals surface area contributed by atoms with Crippen LogP contribution in [0.3, 0.4) is 0 Å². The van der Waals surface area contributed by atoms with Gasteiger partial charge in [0.2, 0.25) is 0 Å². The maximum absolute atomic E-state index is 13.7. The van der Waals surface area contributed by atoms with Gasteiger partial charge in [-0.15, -0.1) is 0 Å². The minimum absolute atomic E-state index is 0.0495. The number of amides is 2. The lowest BCUT2D eigenvalue weighted by Gasteiger charge is -2.31. The highest BCUT2D eigenvalue weighted by Gasteiger charge is 2.53. The van der Waals surface area contributed by atoms with Crippen molar-refractivity contribution >= 4 is 46.9 Å². The van der Waals surface area contributed by atoms with E-state index in [0.717, 1.165) is 5.57 Å². The number of rotatable bonds is 4. The third kappa shape index (κ3) is 5.19. The Morgan fingerprint density at radius 1 is 1.11 bits per heavy atom. The highest BCUT2D eigenvalue weighted by molar-refractivity contribution is 6.35. The van der Waals surface area contributed by atoms with E-state index in [2.05, 4.69) is 0 Å². The number of aromatic carboxylic acids is 1. The molecule has 0 aromatic heterocycles. The van der Waals surface area contributed by atoms with E-state index < -0.39 is 23.1 Å². The second-order valence-corrected chi connectivity index (χ2v) is 10.9. The first-order valence-electron chi connectivity index (χ1n) is 11.9. The number of anilines is 1. The number of carbonyl (C=O) groups is 3. The minimum atomic E-state index is -2.18. The first-order chi connectivity index (χ1) is 17.3. The Hall–Kier alpha value is -3.07. The first-order valence-corrected chi connectivity index (χ1v) is 12.6. The number of halogens is 2. The average molecular weight is 547 g/mol. The lowest BCUT2D eigenvalue weighted by atomic mass is 9.87. The number of ether oxygens (including phenoxy) is 1. The molecule has 1 atom stereocenters. The fraction of sp³-hybridized carbons (Fsp3) is 0.370. The van der Waals surface area contributed by atoms with Crippen molar-refractivity contribution in [3.8, 4) is 0 Å². The largest absolute Gasteiger partial charge is 0.478 e. The number of piperidine rings is 1. The molecule has 2 heterocycles. The SMILES string of the molecule is CC(C)(C)OC(=O)N1CCC(=CCN2C(=O)C(O)(c3ccccc3Cl)c3c(Cl)cc(C(=O)O)cc32)CC1. The summed E-state index contributed by atoms with van der Waals surface area (Å²) >= 11 is 12.8. The molecule has 1 unspecified atom stereocenters. The monoisotopic (exact) mass is 546 g/mol. The zero-order chi connectivity index (χ0) is 27.1. The summed E-state index contributed by atoms with van der Waals surface area (Å²) in [7, 11) is 0. The van der Waals surface area contributed by atoms with Gasteiger partial charge in [-0.2, -0.15) is 0 Å². The fourth-order valence-corrected chi connectivity index (χ4v) is 5.24. The predicted molar refractivity (Wildman–Crippen MR) is 140 cm³/mol. The fourth-order valence-electron chi connectivity index (χ4n) is 4.61. The molecule has 8 nitrogen and oxygen atoms in total. The normalized spacial score (nSPS) is 19.6. The Morgan fingerprint density at radius 2 is 1.76 bits per heavy atom. The summed E-state index contributed by atoms with van der Waals surface area (Å²) < 4.78 is 5.44. The number of carboxylic acid groups (broad SMARTS) is 1. The molecule has 2 aliphatic heterocycles. The van der Waals surface area contributed by atoms with Crippen molar-refractivity contribution in [3.05, 3.63) is 74.8 Å².